The molecule has 0 aliphatic carbocycles. The van der Waals surface area contributed by atoms with Gasteiger partial charge in [0.15, 0.2) is 0 Å². The summed E-state index contributed by atoms with van der Waals surface area (Å²) in [6, 6.07) is 1.39. The van der Waals surface area contributed by atoms with Crippen LogP contribution in [0.5, 0.6) is 5.88 Å². The second-order valence-electron chi connectivity index (χ2n) is 7.76. The van der Waals surface area contributed by atoms with Crippen LogP contribution in [0.3, 0.4) is 0 Å². The number of pyridine rings is 2. The number of nitrogens with two attached hydrogens (primary N) is 1. The molecule has 1 aliphatic rings. The van der Waals surface area contributed by atoms with Crippen LogP contribution >= 0.6 is 11.6 Å². The van der Waals surface area contributed by atoms with Crippen LogP contribution in [-0.2, 0) is 9.47 Å². The van der Waals surface area contributed by atoms with E-state index in [1.807, 2.05) is 20.8 Å². The summed E-state index contributed by atoms with van der Waals surface area (Å²) in [5.74, 6) is 0.432. The summed E-state index contributed by atoms with van der Waals surface area (Å²) in [7, 11) is 1.59. The van der Waals surface area contributed by atoms with E-state index in [2.05, 4.69) is 9.97 Å². The Morgan fingerprint density at radius 2 is 2.04 bits per heavy atom. The van der Waals surface area contributed by atoms with E-state index in [0.717, 1.165) is 10.9 Å². The van der Waals surface area contributed by atoms with Gasteiger partial charge in [-0.05, 0) is 37.8 Å². The summed E-state index contributed by atoms with van der Waals surface area (Å²) >= 11 is 6.07. The fraction of sp³-hybridized carbons (Fsp3) is 0.526. The average molecular weight is 409 g/mol. The number of carbonyl (C=O) groups excluding carboxylic acids is 1. The molecule has 1 fully saturated rings. The quantitative estimate of drug-likeness (QED) is 0.759. The summed E-state index contributed by atoms with van der Waals surface area (Å²) in [5.41, 5.74) is 6.46. The summed E-state index contributed by atoms with van der Waals surface area (Å²) in [6.07, 6.45) is 2.77. The van der Waals surface area contributed by atoms with Crippen molar-refractivity contribution in [2.45, 2.75) is 38.5 Å². The van der Waals surface area contributed by atoms with E-state index in [4.69, 9.17) is 31.5 Å². The van der Waals surface area contributed by atoms with E-state index in [1.165, 1.54) is 0 Å². The molecule has 28 heavy (non-hydrogen) atoms. The predicted octanol–water partition coefficient (Wildman–Crippen LogP) is 2.93. The van der Waals surface area contributed by atoms with Crippen LogP contribution < -0.4 is 10.5 Å². The van der Waals surface area contributed by atoms with Gasteiger partial charge in [-0.2, -0.15) is 0 Å². The Morgan fingerprint density at radius 3 is 2.68 bits per heavy atom. The second kappa shape index (κ2) is 8.06. The Bertz CT molecular complexity index is 865. The van der Waals surface area contributed by atoms with E-state index in [-0.39, 0.29) is 18.2 Å². The first-order valence-electron chi connectivity index (χ1n) is 9.01. The summed E-state index contributed by atoms with van der Waals surface area (Å²) in [6.45, 7) is 6.73. The lowest BCUT2D eigenvalue weighted by atomic mass is 10.0. The number of likely N-dealkylation sites (tertiary alicyclic amines) is 1. The minimum absolute atomic E-state index is 0.169. The number of halogens is 1. The summed E-state index contributed by atoms with van der Waals surface area (Å²) in [5, 5.41) is 1.89. The zero-order chi connectivity index (χ0) is 20.5. The smallest absolute Gasteiger partial charge is 0.410 e. The lowest BCUT2D eigenvalue weighted by molar-refractivity contribution is -0.0228. The topological polar surface area (TPSA) is 99.8 Å². The predicted molar refractivity (Wildman–Crippen MR) is 106 cm³/mol. The van der Waals surface area contributed by atoms with Gasteiger partial charge in [0.2, 0.25) is 5.88 Å². The monoisotopic (exact) mass is 408 g/mol. The molecule has 152 valence electrons. The zero-order valence-corrected chi connectivity index (χ0v) is 17.2. The maximum absolute atomic E-state index is 12.1. The van der Waals surface area contributed by atoms with Gasteiger partial charge in [-0.15, -0.1) is 0 Å². The molecule has 0 radical (unpaired) electrons. The van der Waals surface area contributed by atoms with Gasteiger partial charge < -0.3 is 24.8 Å². The number of rotatable bonds is 5. The molecule has 1 atom stereocenters. The average Bonchev–Trinajstić information content (AvgIpc) is 2.55. The highest BCUT2D eigenvalue weighted by atomic mass is 35.5. The maximum atomic E-state index is 12.1. The highest BCUT2D eigenvalue weighted by molar-refractivity contribution is 6.30. The molecule has 0 spiro atoms. The molecule has 1 aliphatic heterocycles. The van der Waals surface area contributed by atoms with E-state index < -0.39 is 5.60 Å². The molecule has 3 rings (SSSR count). The fourth-order valence-corrected chi connectivity index (χ4v) is 3.07. The van der Waals surface area contributed by atoms with Gasteiger partial charge in [-0.25, -0.2) is 14.8 Å². The Balaban J connectivity index is 1.75. The third-order valence-corrected chi connectivity index (χ3v) is 4.46. The highest BCUT2D eigenvalue weighted by Gasteiger charge is 2.35. The van der Waals surface area contributed by atoms with Crippen LogP contribution in [0.4, 0.5) is 4.79 Å². The standard InChI is InChI=1S/C19H25ClN4O4/c1-19(2,3)28-18(25)24-8-11(9-24)27-17-14-7-22-16(20)5-12(14)13(6-23-17)15(21)10-26-4/h5-7,11,15H,8-10,21H2,1-4H3. The van der Waals surface area contributed by atoms with Crippen molar-refractivity contribution >= 4 is 28.5 Å². The molecule has 0 bridgehead atoms. The molecule has 1 saturated heterocycles. The molecule has 3 heterocycles. The van der Waals surface area contributed by atoms with Gasteiger partial charge in [0.1, 0.15) is 16.9 Å². The maximum Gasteiger partial charge on any atom is 0.410 e. The molecular weight excluding hydrogens is 384 g/mol. The third kappa shape index (κ3) is 4.63. The summed E-state index contributed by atoms with van der Waals surface area (Å²) < 4.78 is 16.5. The first kappa shape index (κ1) is 20.6. The highest BCUT2D eigenvalue weighted by Crippen LogP contribution is 2.31. The van der Waals surface area contributed by atoms with E-state index >= 15 is 0 Å². The van der Waals surface area contributed by atoms with Crippen molar-refractivity contribution in [3.05, 3.63) is 29.2 Å². The van der Waals surface area contributed by atoms with Gasteiger partial charge in [-0.1, -0.05) is 11.6 Å². The number of amides is 1. The number of ether oxygens (including phenoxy) is 3. The number of nitrogens with zero attached hydrogens (tertiary/aromatic N) is 3. The van der Waals surface area contributed by atoms with Gasteiger partial charge in [0, 0.05) is 19.5 Å². The normalized spacial score (nSPS) is 16.0. The van der Waals surface area contributed by atoms with E-state index in [1.54, 1.807) is 30.5 Å². The molecule has 8 nitrogen and oxygen atoms in total. The Kier molecular flexibility index (Phi) is 5.92. The second-order valence-corrected chi connectivity index (χ2v) is 8.15. The lowest BCUT2D eigenvalue weighted by Crippen LogP contribution is -2.57. The van der Waals surface area contributed by atoms with Gasteiger partial charge in [0.25, 0.3) is 0 Å². The Hall–Kier alpha value is -2.16. The number of fused-ring (bicyclic) bond motifs is 1. The van der Waals surface area contributed by atoms with Crippen molar-refractivity contribution in [2.24, 2.45) is 5.73 Å². The van der Waals surface area contributed by atoms with E-state index in [0.29, 0.717) is 36.1 Å². The fourth-order valence-electron chi connectivity index (χ4n) is 2.91. The van der Waals surface area contributed by atoms with Crippen LogP contribution in [0.25, 0.3) is 10.8 Å². The first-order chi connectivity index (χ1) is 13.2. The zero-order valence-electron chi connectivity index (χ0n) is 16.4. The first-order valence-corrected chi connectivity index (χ1v) is 9.39. The van der Waals surface area contributed by atoms with Crippen LogP contribution in [0, 0.1) is 0 Å². The van der Waals surface area contributed by atoms with Crippen molar-refractivity contribution in [1.29, 1.82) is 0 Å². The van der Waals surface area contributed by atoms with Crippen molar-refractivity contribution in [1.82, 2.24) is 14.9 Å². The molecule has 1 unspecified atom stereocenters. The Labute approximate surface area is 168 Å². The van der Waals surface area contributed by atoms with Crippen molar-refractivity contribution in [3.63, 3.8) is 0 Å². The molecule has 0 saturated carbocycles. The molecule has 0 aromatic carbocycles. The van der Waals surface area contributed by atoms with Gasteiger partial charge in [-0.3, -0.25) is 0 Å². The number of carbonyl (C=O) groups is 1. The molecule has 2 N–H and O–H groups in total. The van der Waals surface area contributed by atoms with Crippen LogP contribution in [0.15, 0.2) is 18.5 Å². The van der Waals surface area contributed by atoms with Crippen LogP contribution in [0.2, 0.25) is 5.15 Å². The van der Waals surface area contributed by atoms with Crippen molar-refractivity contribution in [2.75, 3.05) is 26.8 Å². The SMILES string of the molecule is COCC(N)c1cnc(OC2CN(C(=O)OC(C)(C)C)C2)c2cnc(Cl)cc12. The van der Waals surface area contributed by atoms with Crippen molar-refractivity contribution in [3.8, 4) is 5.88 Å². The molecule has 1 amide bonds. The molecular formula is C19H25ClN4O4. The largest absolute Gasteiger partial charge is 0.470 e. The molecule has 2 aromatic rings. The number of hydrogen-bond acceptors (Lipinski definition) is 7. The van der Waals surface area contributed by atoms with Crippen LogP contribution in [0.1, 0.15) is 32.4 Å². The Morgan fingerprint density at radius 1 is 1.32 bits per heavy atom. The van der Waals surface area contributed by atoms with E-state index in [9.17, 15) is 4.79 Å². The number of aromatic nitrogens is 2. The van der Waals surface area contributed by atoms with Crippen LogP contribution in [-0.4, -0.2) is 59.5 Å². The van der Waals surface area contributed by atoms with Crippen molar-refractivity contribution < 1.29 is 19.0 Å². The van der Waals surface area contributed by atoms with Gasteiger partial charge in [0.05, 0.1) is 31.1 Å². The molecule has 9 heteroatoms. The third-order valence-electron chi connectivity index (χ3n) is 4.26. The van der Waals surface area contributed by atoms with Gasteiger partial charge >= 0.3 is 6.09 Å². The number of methoxy groups -OCH3 is 1. The minimum atomic E-state index is -0.525. The minimum Gasteiger partial charge on any atom is -0.470 e. The summed E-state index contributed by atoms with van der Waals surface area (Å²) in [4.78, 5) is 22.2. The molecule has 2 aromatic heterocycles. The lowest BCUT2D eigenvalue weighted by Gasteiger charge is -2.39. The number of hydrogen-bond donors (Lipinski definition) is 1.